The minimum absolute atomic E-state index is 0.386. The number of carboxylic acid groups (broad SMARTS) is 1. The highest BCUT2D eigenvalue weighted by atomic mass is 16.6. The third-order valence-corrected chi connectivity index (χ3v) is 3.77. The molecule has 7 heteroatoms. The second kappa shape index (κ2) is 6.64. The molecule has 1 aliphatic rings. The van der Waals surface area contributed by atoms with Gasteiger partial charge < -0.3 is 15.6 Å². The second-order valence-electron chi connectivity index (χ2n) is 6.68. The molecule has 1 saturated heterocycles. The molecule has 0 radical (unpaired) electrons. The molecule has 0 amide bonds. The topological polar surface area (TPSA) is 106 Å². The second-order valence-corrected chi connectivity index (χ2v) is 6.68. The number of esters is 1. The Morgan fingerprint density at radius 1 is 1.48 bits per heavy atom. The smallest absolute Gasteiger partial charge is 0.325 e. The van der Waals surface area contributed by atoms with Crippen molar-refractivity contribution in [2.45, 2.75) is 45.0 Å². The van der Waals surface area contributed by atoms with Crippen LogP contribution in [0, 0.1) is 5.92 Å². The number of aliphatic carboxylic acids is 1. The monoisotopic (exact) mass is 321 g/mol. The van der Waals surface area contributed by atoms with Crippen LogP contribution in [-0.4, -0.2) is 45.2 Å². The van der Waals surface area contributed by atoms with Gasteiger partial charge in [0.1, 0.15) is 11.6 Å². The summed E-state index contributed by atoms with van der Waals surface area (Å²) < 4.78 is 5.38. The van der Waals surface area contributed by atoms with Crippen LogP contribution in [0.4, 0.5) is 0 Å². The summed E-state index contributed by atoms with van der Waals surface area (Å²) in [5.74, 6) is -1.94. The number of ether oxygens (including phenoxy) is 1. The Labute approximate surface area is 135 Å². The lowest BCUT2D eigenvalue weighted by atomic mass is 10.0. The molecule has 0 spiro atoms. The average Bonchev–Trinajstić information content (AvgIpc) is 2.80. The van der Waals surface area contributed by atoms with Gasteiger partial charge in [0.15, 0.2) is 0 Å². The fraction of sp³-hybridized carbons (Fsp3) is 0.562. The number of pyridine rings is 1. The number of rotatable bonds is 4. The summed E-state index contributed by atoms with van der Waals surface area (Å²) in [6.45, 7) is 5.79. The summed E-state index contributed by atoms with van der Waals surface area (Å²) in [6, 6.07) is 2.45. The summed E-state index contributed by atoms with van der Waals surface area (Å²) >= 11 is 0. The molecule has 23 heavy (non-hydrogen) atoms. The van der Waals surface area contributed by atoms with E-state index >= 15 is 0 Å². The molecule has 2 rings (SSSR count). The van der Waals surface area contributed by atoms with Gasteiger partial charge in [0.25, 0.3) is 0 Å². The van der Waals surface area contributed by atoms with Crippen molar-refractivity contribution in [3.8, 4) is 0 Å². The first kappa shape index (κ1) is 17.4. The quantitative estimate of drug-likeness (QED) is 0.801. The Hall–Kier alpha value is -1.99. The number of carbonyl (C=O) groups is 2. The zero-order valence-corrected chi connectivity index (χ0v) is 13.6. The normalized spacial score (nSPS) is 23.5. The van der Waals surface area contributed by atoms with Crippen LogP contribution >= 0.6 is 0 Å². The van der Waals surface area contributed by atoms with Gasteiger partial charge in [-0.1, -0.05) is 6.07 Å². The van der Waals surface area contributed by atoms with Crippen LogP contribution in [0.3, 0.4) is 0 Å². The maximum atomic E-state index is 12.3. The van der Waals surface area contributed by atoms with Crippen molar-refractivity contribution in [2.24, 2.45) is 11.7 Å². The molecule has 1 fully saturated rings. The number of hydrogen-bond acceptors (Lipinski definition) is 6. The summed E-state index contributed by atoms with van der Waals surface area (Å²) in [5, 5.41) is 9.58. The Balaban J connectivity index is 2.18. The Morgan fingerprint density at radius 2 is 2.17 bits per heavy atom. The van der Waals surface area contributed by atoms with Crippen molar-refractivity contribution >= 4 is 11.9 Å². The summed E-state index contributed by atoms with van der Waals surface area (Å²) in [7, 11) is 0. The molecule has 7 nitrogen and oxygen atoms in total. The third kappa shape index (κ3) is 4.05. The largest absolute Gasteiger partial charge is 0.480 e. The van der Waals surface area contributed by atoms with E-state index in [1.54, 1.807) is 44.0 Å². The summed E-state index contributed by atoms with van der Waals surface area (Å²) in [4.78, 5) is 29.5. The highest BCUT2D eigenvalue weighted by molar-refractivity contribution is 5.77. The Morgan fingerprint density at radius 3 is 2.70 bits per heavy atom. The van der Waals surface area contributed by atoms with Gasteiger partial charge in [-0.2, -0.15) is 0 Å². The maximum Gasteiger partial charge on any atom is 0.325 e. The molecular weight excluding hydrogens is 298 g/mol. The molecule has 3 atom stereocenters. The SMILES string of the molecule is CC(C)(C)OC(=O)[C@@H]1CCN([C@@H](C(=O)O)c2cccnc2)[C@H]1N. The Kier molecular flexibility index (Phi) is 5.01. The fourth-order valence-corrected chi connectivity index (χ4v) is 2.79. The van der Waals surface area contributed by atoms with E-state index in [0.29, 0.717) is 18.5 Å². The van der Waals surface area contributed by atoms with Crippen molar-refractivity contribution in [1.29, 1.82) is 0 Å². The number of aromatic nitrogens is 1. The molecule has 3 N–H and O–H groups in total. The van der Waals surface area contributed by atoms with Crippen LogP contribution in [0.1, 0.15) is 38.8 Å². The van der Waals surface area contributed by atoms with Gasteiger partial charge in [-0.25, -0.2) is 0 Å². The lowest BCUT2D eigenvalue weighted by molar-refractivity contribution is -0.161. The van der Waals surface area contributed by atoms with Crippen LogP contribution in [0.25, 0.3) is 0 Å². The highest BCUT2D eigenvalue weighted by Gasteiger charge is 2.44. The number of likely N-dealkylation sites (tertiary alicyclic amines) is 1. The molecule has 1 aliphatic heterocycles. The van der Waals surface area contributed by atoms with Crippen molar-refractivity contribution < 1.29 is 19.4 Å². The number of nitrogens with zero attached hydrogens (tertiary/aromatic N) is 2. The van der Waals surface area contributed by atoms with Crippen LogP contribution < -0.4 is 5.73 Å². The number of hydrogen-bond donors (Lipinski definition) is 2. The van der Waals surface area contributed by atoms with Crippen molar-refractivity contribution in [2.75, 3.05) is 6.54 Å². The highest BCUT2D eigenvalue weighted by Crippen LogP contribution is 2.32. The van der Waals surface area contributed by atoms with Gasteiger partial charge in [0.2, 0.25) is 0 Å². The predicted octanol–water partition coefficient (Wildman–Crippen LogP) is 1.16. The number of carboxylic acids is 1. The van der Waals surface area contributed by atoms with Gasteiger partial charge in [-0.3, -0.25) is 19.5 Å². The minimum Gasteiger partial charge on any atom is -0.480 e. The zero-order chi connectivity index (χ0) is 17.2. The standard InChI is InChI=1S/C16H23N3O4/c1-16(2,3)23-15(22)11-6-8-19(13(11)17)12(14(20)21)10-5-4-7-18-9-10/h4-5,7,9,11-13H,6,8,17H2,1-3H3,(H,20,21)/t11-,12-,13-/m1/s1. The molecule has 0 aliphatic carbocycles. The van der Waals surface area contributed by atoms with Crippen LogP contribution in [0.5, 0.6) is 0 Å². The molecule has 2 heterocycles. The van der Waals surface area contributed by atoms with Crippen molar-refractivity contribution in [3.05, 3.63) is 30.1 Å². The van der Waals surface area contributed by atoms with Gasteiger partial charge in [0.05, 0.1) is 12.1 Å². The first-order valence-corrected chi connectivity index (χ1v) is 7.57. The third-order valence-electron chi connectivity index (χ3n) is 3.77. The summed E-state index contributed by atoms with van der Waals surface area (Å²) in [5.41, 5.74) is 6.10. The van der Waals surface area contributed by atoms with Crippen LogP contribution in [-0.2, 0) is 14.3 Å². The van der Waals surface area contributed by atoms with E-state index in [2.05, 4.69) is 4.98 Å². The van der Waals surface area contributed by atoms with E-state index in [-0.39, 0.29) is 5.97 Å². The molecule has 1 aromatic rings. The van der Waals surface area contributed by atoms with Gasteiger partial charge in [-0.05, 0) is 38.8 Å². The lowest BCUT2D eigenvalue weighted by Gasteiger charge is -2.30. The van der Waals surface area contributed by atoms with E-state index in [0.717, 1.165) is 0 Å². The van der Waals surface area contributed by atoms with Gasteiger partial charge in [0, 0.05) is 18.9 Å². The maximum absolute atomic E-state index is 12.3. The Bertz CT molecular complexity index is 570. The molecule has 1 aromatic heterocycles. The average molecular weight is 321 g/mol. The van der Waals surface area contributed by atoms with Crippen molar-refractivity contribution in [1.82, 2.24) is 9.88 Å². The van der Waals surface area contributed by atoms with E-state index in [9.17, 15) is 14.7 Å². The van der Waals surface area contributed by atoms with E-state index in [1.165, 1.54) is 6.20 Å². The number of carbonyl (C=O) groups excluding carboxylic acids is 1. The van der Waals surface area contributed by atoms with Crippen LogP contribution in [0.2, 0.25) is 0 Å². The van der Waals surface area contributed by atoms with Crippen molar-refractivity contribution in [3.63, 3.8) is 0 Å². The van der Waals surface area contributed by atoms with Gasteiger partial charge in [-0.15, -0.1) is 0 Å². The van der Waals surface area contributed by atoms with Gasteiger partial charge >= 0.3 is 11.9 Å². The van der Waals surface area contributed by atoms with Crippen LogP contribution in [0.15, 0.2) is 24.5 Å². The molecule has 0 unspecified atom stereocenters. The molecular formula is C16H23N3O4. The number of nitrogens with two attached hydrogens (primary N) is 1. The summed E-state index contributed by atoms with van der Waals surface area (Å²) in [6.07, 6.45) is 2.86. The first-order valence-electron chi connectivity index (χ1n) is 7.57. The molecule has 0 aromatic carbocycles. The molecule has 0 saturated carbocycles. The predicted molar refractivity (Wildman–Crippen MR) is 83.2 cm³/mol. The minimum atomic E-state index is -1.02. The van der Waals surface area contributed by atoms with E-state index in [4.69, 9.17) is 10.5 Å². The van der Waals surface area contributed by atoms with E-state index < -0.39 is 29.7 Å². The first-order chi connectivity index (χ1) is 10.7. The lowest BCUT2D eigenvalue weighted by Crippen LogP contribution is -2.47. The fourth-order valence-electron chi connectivity index (χ4n) is 2.79. The zero-order valence-electron chi connectivity index (χ0n) is 13.6. The van der Waals surface area contributed by atoms with E-state index in [1.807, 2.05) is 0 Å². The molecule has 126 valence electrons. The molecule has 0 bridgehead atoms.